The Morgan fingerprint density at radius 2 is 2.00 bits per heavy atom. The number of nitrogens with zero attached hydrogens (tertiary/aromatic N) is 1. The first-order valence-electron chi connectivity index (χ1n) is 5.20. The van der Waals surface area contributed by atoms with Gasteiger partial charge in [-0.1, -0.05) is 27.7 Å². The molecule has 0 saturated carbocycles. The molecular formula is C11H23N. The SMILES string of the molecule is C[C@@H]1CCN(CCC(C)(C)C)C1. The fourth-order valence-electron chi connectivity index (χ4n) is 1.72. The standard InChI is InChI=1S/C11H23N/c1-10-5-7-12(9-10)8-6-11(2,3)4/h10H,5-9H2,1-4H3/t10-/m1/s1. The second-order valence-electron chi connectivity index (χ2n) is 5.51. The first-order valence-corrected chi connectivity index (χ1v) is 5.20. The summed E-state index contributed by atoms with van der Waals surface area (Å²) in [6.45, 7) is 13.3. The zero-order valence-electron chi connectivity index (χ0n) is 9.06. The van der Waals surface area contributed by atoms with Gasteiger partial charge in [0.2, 0.25) is 0 Å². The quantitative estimate of drug-likeness (QED) is 0.614. The predicted molar refractivity (Wildman–Crippen MR) is 54.3 cm³/mol. The highest BCUT2D eigenvalue weighted by atomic mass is 15.1. The Morgan fingerprint density at radius 1 is 1.33 bits per heavy atom. The lowest BCUT2D eigenvalue weighted by molar-refractivity contribution is 0.260. The van der Waals surface area contributed by atoms with Crippen molar-refractivity contribution in [3.8, 4) is 0 Å². The van der Waals surface area contributed by atoms with Crippen LogP contribution in [-0.2, 0) is 0 Å². The fourth-order valence-corrected chi connectivity index (χ4v) is 1.72. The first kappa shape index (κ1) is 10.0. The molecule has 1 heterocycles. The summed E-state index contributed by atoms with van der Waals surface area (Å²) in [6, 6.07) is 0. The second kappa shape index (κ2) is 3.78. The van der Waals surface area contributed by atoms with E-state index in [1.165, 1.54) is 32.5 Å². The van der Waals surface area contributed by atoms with E-state index in [-0.39, 0.29) is 0 Å². The monoisotopic (exact) mass is 169 g/mol. The summed E-state index contributed by atoms with van der Waals surface area (Å²) in [6.07, 6.45) is 2.74. The molecule has 1 fully saturated rings. The molecule has 1 aliphatic heterocycles. The molecule has 0 N–H and O–H groups in total. The second-order valence-corrected chi connectivity index (χ2v) is 5.51. The van der Waals surface area contributed by atoms with Gasteiger partial charge in [-0.15, -0.1) is 0 Å². The van der Waals surface area contributed by atoms with Gasteiger partial charge < -0.3 is 4.90 Å². The molecule has 1 nitrogen and oxygen atoms in total. The van der Waals surface area contributed by atoms with Gasteiger partial charge in [0.25, 0.3) is 0 Å². The Morgan fingerprint density at radius 3 is 2.42 bits per heavy atom. The lowest BCUT2D eigenvalue weighted by Crippen LogP contribution is -2.25. The molecule has 72 valence electrons. The van der Waals surface area contributed by atoms with Crippen LogP contribution in [0.3, 0.4) is 0 Å². The minimum Gasteiger partial charge on any atom is -0.303 e. The summed E-state index contributed by atoms with van der Waals surface area (Å²) in [5.74, 6) is 0.935. The van der Waals surface area contributed by atoms with Crippen molar-refractivity contribution in [3.63, 3.8) is 0 Å². The lowest BCUT2D eigenvalue weighted by Gasteiger charge is -2.22. The van der Waals surface area contributed by atoms with Gasteiger partial charge in [-0.2, -0.15) is 0 Å². The predicted octanol–water partition coefficient (Wildman–Crippen LogP) is 2.76. The molecule has 1 aliphatic rings. The van der Waals surface area contributed by atoms with Crippen molar-refractivity contribution in [2.45, 2.75) is 40.5 Å². The molecule has 0 spiro atoms. The van der Waals surface area contributed by atoms with Gasteiger partial charge in [0.05, 0.1) is 0 Å². The molecule has 0 aromatic heterocycles. The van der Waals surface area contributed by atoms with Crippen LogP contribution in [-0.4, -0.2) is 24.5 Å². The minimum atomic E-state index is 0.506. The summed E-state index contributed by atoms with van der Waals surface area (Å²) in [4.78, 5) is 2.61. The van der Waals surface area contributed by atoms with E-state index in [4.69, 9.17) is 0 Å². The highest BCUT2D eigenvalue weighted by Gasteiger charge is 2.20. The van der Waals surface area contributed by atoms with Crippen LogP contribution in [0.15, 0.2) is 0 Å². The fraction of sp³-hybridized carbons (Fsp3) is 1.00. The average Bonchev–Trinajstić information content (AvgIpc) is 2.30. The van der Waals surface area contributed by atoms with Crippen LogP contribution >= 0.6 is 0 Å². The number of hydrogen-bond donors (Lipinski definition) is 0. The molecule has 1 heteroatoms. The molecule has 0 aromatic rings. The van der Waals surface area contributed by atoms with Gasteiger partial charge in [0, 0.05) is 6.54 Å². The van der Waals surface area contributed by atoms with Crippen molar-refractivity contribution in [3.05, 3.63) is 0 Å². The van der Waals surface area contributed by atoms with E-state index in [9.17, 15) is 0 Å². The van der Waals surface area contributed by atoms with Gasteiger partial charge in [-0.3, -0.25) is 0 Å². The summed E-state index contributed by atoms with van der Waals surface area (Å²) in [5, 5.41) is 0. The summed E-state index contributed by atoms with van der Waals surface area (Å²) >= 11 is 0. The highest BCUT2D eigenvalue weighted by Crippen LogP contribution is 2.21. The zero-order chi connectivity index (χ0) is 9.19. The summed E-state index contributed by atoms with van der Waals surface area (Å²) in [7, 11) is 0. The maximum absolute atomic E-state index is 2.61. The maximum atomic E-state index is 2.61. The Balaban J connectivity index is 2.16. The smallest absolute Gasteiger partial charge is 0.000750 e. The molecule has 0 bridgehead atoms. The molecule has 0 aliphatic carbocycles. The van der Waals surface area contributed by atoms with Crippen LogP contribution in [0.2, 0.25) is 0 Å². The van der Waals surface area contributed by atoms with Crippen LogP contribution in [0.1, 0.15) is 40.5 Å². The molecular weight excluding hydrogens is 146 g/mol. The van der Waals surface area contributed by atoms with Crippen molar-refractivity contribution in [2.75, 3.05) is 19.6 Å². The van der Waals surface area contributed by atoms with E-state index < -0.39 is 0 Å². The van der Waals surface area contributed by atoms with Crippen LogP contribution in [0.5, 0.6) is 0 Å². The van der Waals surface area contributed by atoms with Crippen LogP contribution in [0, 0.1) is 11.3 Å². The van der Waals surface area contributed by atoms with Crippen molar-refractivity contribution >= 4 is 0 Å². The topological polar surface area (TPSA) is 3.24 Å². The van der Waals surface area contributed by atoms with Gasteiger partial charge in [0.1, 0.15) is 0 Å². The molecule has 1 rings (SSSR count). The van der Waals surface area contributed by atoms with Crippen LogP contribution in [0.25, 0.3) is 0 Å². The Kier molecular flexibility index (Phi) is 3.16. The number of hydrogen-bond acceptors (Lipinski definition) is 1. The number of likely N-dealkylation sites (tertiary alicyclic amines) is 1. The first-order chi connectivity index (χ1) is 5.47. The number of rotatable bonds is 2. The molecule has 0 unspecified atom stereocenters. The van der Waals surface area contributed by atoms with Gasteiger partial charge in [-0.05, 0) is 37.3 Å². The molecule has 1 saturated heterocycles. The van der Waals surface area contributed by atoms with Crippen LogP contribution < -0.4 is 0 Å². The third-order valence-corrected chi connectivity index (χ3v) is 2.69. The maximum Gasteiger partial charge on any atom is 0.000750 e. The Hall–Kier alpha value is -0.0400. The third-order valence-electron chi connectivity index (χ3n) is 2.69. The van der Waals surface area contributed by atoms with Gasteiger partial charge >= 0.3 is 0 Å². The third kappa shape index (κ3) is 3.57. The minimum absolute atomic E-state index is 0.506. The molecule has 0 radical (unpaired) electrons. The summed E-state index contributed by atoms with van der Waals surface area (Å²) < 4.78 is 0. The Labute approximate surface area is 77.1 Å². The van der Waals surface area contributed by atoms with Gasteiger partial charge in [-0.25, -0.2) is 0 Å². The Bertz CT molecular complexity index is 134. The molecule has 12 heavy (non-hydrogen) atoms. The summed E-state index contributed by atoms with van der Waals surface area (Å²) in [5.41, 5.74) is 0.506. The van der Waals surface area contributed by atoms with E-state index in [0.717, 1.165) is 5.92 Å². The van der Waals surface area contributed by atoms with E-state index in [1.54, 1.807) is 0 Å². The van der Waals surface area contributed by atoms with E-state index in [1.807, 2.05) is 0 Å². The largest absolute Gasteiger partial charge is 0.303 e. The molecule has 0 aromatic carbocycles. The zero-order valence-corrected chi connectivity index (χ0v) is 9.06. The van der Waals surface area contributed by atoms with Crippen molar-refractivity contribution in [1.29, 1.82) is 0 Å². The van der Waals surface area contributed by atoms with Gasteiger partial charge in [0.15, 0.2) is 0 Å². The molecule has 1 atom stereocenters. The van der Waals surface area contributed by atoms with E-state index >= 15 is 0 Å². The van der Waals surface area contributed by atoms with Crippen molar-refractivity contribution in [1.82, 2.24) is 4.90 Å². The highest BCUT2D eigenvalue weighted by molar-refractivity contribution is 4.74. The lowest BCUT2D eigenvalue weighted by atomic mass is 9.92. The van der Waals surface area contributed by atoms with E-state index in [0.29, 0.717) is 5.41 Å². The van der Waals surface area contributed by atoms with Crippen molar-refractivity contribution < 1.29 is 0 Å². The average molecular weight is 169 g/mol. The normalized spacial score (nSPS) is 26.5. The van der Waals surface area contributed by atoms with Crippen LogP contribution in [0.4, 0.5) is 0 Å². The van der Waals surface area contributed by atoms with Crippen molar-refractivity contribution in [2.24, 2.45) is 11.3 Å². The van der Waals surface area contributed by atoms with E-state index in [2.05, 4.69) is 32.6 Å². The molecule has 0 amide bonds.